The molecule has 1 aliphatic heterocycles. The lowest BCUT2D eigenvalue weighted by Crippen LogP contribution is -2.42. The molecule has 1 saturated heterocycles. The molecule has 20 heavy (non-hydrogen) atoms. The molecule has 8 heteroatoms. The van der Waals surface area contributed by atoms with Gasteiger partial charge in [-0.3, -0.25) is 9.59 Å². The van der Waals surface area contributed by atoms with Gasteiger partial charge in [0.05, 0.1) is 12.1 Å². The Balaban J connectivity index is 1.78. The number of nitrogens with one attached hydrogen (secondary N) is 1. The summed E-state index contributed by atoms with van der Waals surface area (Å²) in [6.45, 7) is 0.145. The number of nitrogens with zero attached hydrogens (tertiary/aromatic N) is 1. The predicted octanol–water partition coefficient (Wildman–Crippen LogP) is 0.386. The molecule has 2 heterocycles. The highest BCUT2D eigenvalue weighted by molar-refractivity contribution is 7.99. The molecule has 0 radical (unpaired) electrons. The molecular weight excluding hydrogens is 284 g/mol. The van der Waals surface area contributed by atoms with Crippen LogP contribution in [-0.2, 0) is 9.59 Å². The van der Waals surface area contributed by atoms with Crippen LogP contribution in [0.2, 0.25) is 0 Å². The molecule has 2 rings (SSSR count). The van der Waals surface area contributed by atoms with Crippen LogP contribution in [0.3, 0.4) is 0 Å². The quantitative estimate of drug-likeness (QED) is 0.815. The molecule has 1 fully saturated rings. The number of rotatable bonds is 5. The summed E-state index contributed by atoms with van der Waals surface area (Å²) in [6, 6.07) is 2.35. The number of furan rings is 1. The first kappa shape index (κ1) is 14.4. The second-order valence-corrected chi connectivity index (χ2v) is 5.20. The van der Waals surface area contributed by atoms with Crippen LogP contribution in [0, 0.1) is 0 Å². The van der Waals surface area contributed by atoms with Gasteiger partial charge < -0.3 is 19.7 Å². The minimum atomic E-state index is -0.997. The fourth-order valence-electron chi connectivity index (χ4n) is 1.81. The Morgan fingerprint density at radius 3 is 2.95 bits per heavy atom. The van der Waals surface area contributed by atoms with Crippen LogP contribution >= 0.6 is 11.8 Å². The fourth-order valence-corrected chi connectivity index (χ4v) is 2.99. The average Bonchev–Trinajstić information content (AvgIpc) is 3.09. The van der Waals surface area contributed by atoms with E-state index in [1.807, 2.05) is 0 Å². The molecule has 108 valence electrons. The van der Waals surface area contributed by atoms with Gasteiger partial charge in [-0.25, -0.2) is 4.79 Å². The van der Waals surface area contributed by atoms with Crippen LogP contribution in [-0.4, -0.2) is 52.0 Å². The van der Waals surface area contributed by atoms with Crippen LogP contribution in [0.1, 0.15) is 17.0 Å². The van der Waals surface area contributed by atoms with Crippen molar-refractivity contribution >= 4 is 29.5 Å². The van der Waals surface area contributed by atoms with E-state index >= 15 is 0 Å². The first-order valence-electron chi connectivity index (χ1n) is 6.01. The summed E-state index contributed by atoms with van der Waals surface area (Å²) in [4.78, 5) is 35.7. The molecule has 1 aliphatic rings. The van der Waals surface area contributed by atoms with Crippen LogP contribution in [0.15, 0.2) is 22.8 Å². The summed E-state index contributed by atoms with van der Waals surface area (Å²) in [7, 11) is 0. The van der Waals surface area contributed by atoms with Crippen molar-refractivity contribution in [2.45, 2.75) is 12.5 Å². The Kier molecular flexibility index (Phi) is 4.67. The lowest BCUT2D eigenvalue weighted by Gasteiger charge is -2.20. The number of carboxylic acid groups (broad SMARTS) is 1. The fraction of sp³-hybridized carbons (Fsp3) is 0.417. The lowest BCUT2D eigenvalue weighted by molar-refractivity contribution is -0.147. The Labute approximate surface area is 119 Å². The maximum atomic E-state index is 11.9. The number of carbonyl (C=O) groups excluding carboxylic acids is 2. The Hall–Kier alpha value is -1.96. The number of thioether (sulfide) groups is 1. The SMILES string of the molecule is O=C(NCCC(=O)N1CSC[C@H]1C(=O)O)c1ccco1. The van der Waals surface area contributed by atoms with E-state index in [-0.39, 0.29) is 24.6 Å². The van der Waals surface area contributed by atoms with Gasteiger partial charge >= 0.3 is 5.97 Å². The monoisotopic (exact) mass is 298 g/mol. The van der Waals surface area contributed by atoms with Gasteiger partial charge in [-0.05, 0) is 12.1 Å². The molecule has 0 aromatic carbocycles. The third-order valence-electron chi connectivity index (χ3n) is 2.86. The second kappa shape index (κ2) is 6.47. The van der Waals surface area contributed by atoms with Crippen molar-refractivity contribution in [1.82, 2.24) is 10.2 Å². The van der Waals surface area contributed by atoms with E-state index in [9.17, 15) is 14.4 Å². The van der Waals surface area contributed by atoms with Gasteiger partial charge in [-0.2, -0.15) is 0 Å². The highest BCUT2D eigenvalue weighted by atomic mass is 32.2. The molecule has 0 aliphatic carbocycles. The first-order chi connectivity index (χ1) is 9.59. The minimum absolute atomic E-state index is 0.0663. The van der Waals surface area contributed by atoms with E-state index in [2.05, 4.69) is 5.32 Å². The van der Waals surface area contributed by atoms with E-state index in [0.717, 1.165) is 0 Å². The first-order valence-corrected chi connectivity index (χ1v) is 7.17. The number of aliphatic carboxylic acids is 1. The van der Waals surface area contributed by atoms with E-state index in [4.69, 9.17) is 9.52 Å². The Morgan fingerprint density at radius 1 is 1.50 bits per heavy atom. The molecule has 1 aromatic heterocycles. The average molecular weight is 298 g/mol. The van der Waals surface area contributed by atoms with Crippen molar-refractivity contribution in [1.29, 1.82) is 0 Å². The third kappa shape index (κ3) is 3.32. The summed E-state index contributed by atoms with van der Waals surface area (Å²) in [5, 5.41) is 11.5. The van der Waals surface area contributed by atoms with E-state index < -0.39 is 17.9 Å². The smallest absolute Gasteiger partial charge is 0.327 e. The number of hydrogen-bond acceptors (Lipinski definition) is 5. The van der Waals surface area contributed by atoms with Crippen molar-refractivity contribution in [3.63, 3.8) is 0 Å². The predicted molar refractivity (Wildman–Crippen MR) is 71.3 cm³/mol. The van der Waals surface area contributed by atoms with E-state index in [1.165, 1.54) is 29.0 Å². The van der Waals surface area contributed by atoms with Gasteiger partial charge in [0, 0.05) is 18.7 Å². The zero-order valence-corrected chi connectivity index (χ0v) is 11.4. The summed E-state index contributed by atoms with van der Waals surface area (Å²) in [5.74, 6) is -0.710. The van der Waals surface area contributed by atoms with Gasteiger partial charge in [-0.15, -0.1) is 11.8 Å². The minimum Gasteiger partial charge on any atom is -0.480 e. The van der Waals surface area contributed by atoms with Crippen molar-refractivity contribution in [2.24, 2.45) is 0 Å². The van der Waals surface area contributed by atoms with Crippen molar-refractivity contribution in [3.8, 4) is 0 Å². The second-order valence-electron chi connectivity index (χ2n) is 4.20. The molecule has 2 N–H and O–H groups in total. The number of carboxylic acids is 1. The van der Waals surface area contributed by atoms with Crippen LogP contribution in [0.25, 0.3) is 0 Å². The molecule has 1 atom stereocenters. The van der Waals surface area contributed by atoms with Gasteiger partial charge in [-0.1, -0.05) is 0 Å². The summed E-state index contributed by atoms with van der Waals surface area (Å²) in [5.41, 5.74) is 0. The normalized spacial score (nSPS) is 18.0. The van der Waals surface area contributed by atoms with E-state index in [1.54, 1.807) is 6.07 Å². The van der Waals surface area contributed by atoms with Gasteiger partial charge in [0.15, 0.2) is 5.76 Å². The molecule has 0 unspecified atom stereocenters. The largest absolute Gasteiger partial charge is 0.480 e. The lowest BCUT2D eigenvalue weighted by atomic mass is 10.2. The number of hydrogen-bond donors (Lipinski definition) is 2. The molecule has 1 aromatic rings. The molecular formula is C12H14N2O5S. The molecule has 2 amide bonds. The maximum absolute atomic E-state index is 11.9. The number of amides is 2. The van der Waals surface area contributed by atoms with Crippen molar-refractivity contribution < 1.29 is 23.9 Å². The highest BCUT2D eigenvalue weighted by Gasteiger charge is 2.34. The maximum Gasteiger partial charge on any atom is 0.327 e. The standard InChI is InChI=1S/C12H14N2O5S/c15-10(14-7-20-6-8(14)12(17)18)3-4-13-11(16)9-2-1-5-19-9/h1-2,5,8H,3-4,6-7H2,(H,13,16)(H,17,18)/t8-/m0/s1. The van der Waals surface area contributed by atoms with Crippen LogP contribution in [0.5, 0.6) is 0 Å². The Morgan fingerprint density at radius 2 is 2.30 bits per heavy atom. The molecule has 0 saturated carbocycles. The van der Waals surface area contributed by atoms with Crippen molar-refractivity contribution in [2.75, 3.05) is 18.2 Å². The molecule has 7 nitrogen and oxygen atoms in total. The summed E-state index contributed by atoms with van der Waals surface area (Å²) in [6.07, 6.45) is 1.45. The summed E-state index contributed by atoms with van der Waals surface area (Å²) >= 11 is 1.41. The van der Waals surface area contributed by atoms with Crippen LogP contribution in [0.4, 0.5) is 0 Å². The zero-order chi connectivity index (χ0) is 14.5. The zero-order valence-electron chi connectivity index (χ0n) is 10.6. The van der Waals surface area contributed by atoms with E-state index in [0.29, 0.717) is 11.6 Å². The third-order valence-corrected chi connectivity index (χ3v) is 3.87. The van der Waals surface area contributed by atoms with Crippen molar-refractivity contribution in [3.05, 3.63) is 24.2 Å². The molecule has 0 spiro atoms. The number of carbonyl (C=O) groups is 3. The topological polar surface area (TPSA) is 99.9 Å². The highest BCUT2D eigenvalue weighted by Crippen LogP contribution is 2.21. The van der Waals surface area contributed by atoms with Crippen LogP contribution < -0.4 is 5.32 Å². The Bertz CT molecular complexity index is 502. The van der Waals surface area contributed by atoms with Gasteiger partial charge in [0.1, 0.15) is 6.04 Å². The van der Waals surface area contributed by atoms with Gasteiger partial charge in [0.2, 0.25) is 5.91 Å². The molecule has 0 bridgehead atoms. The summed E-state index contributed by atoms with van der Waals surface area (Å²) < 4.78 is 4.91. The van der Waals surface area contributed by atoms with Gasteiger partial charge in [0.25, 0.3) is 5.91 Å².